The van der Waals surface area contributed by atoms with Crippen LogP contribution >= 0.6 is 11.6 Å². The molecule has 0 unspecified atom stereocenters. The highest BCUT2D eigenvalue weighted by atomic mass is 35.5. The Morgan fingerprint density at radius 1 is 1.37 bits per heavy atom. The quantitative estimate of drug-likeness (QED) is 0.907. The first-order valence-corrected chi connectivity index (χ1v) is 7.59. The molecule has 8 heteroatoms. The van der Waals surface area contributed by atoms with Crippen molar-refractivity contribution in [3.05, 3.63) is 41.0 Å². The molecule has 0 aliphatic rings. The molecule has 0 amide bonds. The minimum Gasteiger partial charge on any atom is -0.264 e. The van der Waals surface area contributed by atoms with Crippen LogP contribution in [0.4, 0.5) is 5.82 Å². The fraction of sp³-hybridized carbons (Fsp3) is 0.273. The van der Waals surface area contributed by atoms with E-state index >= 15 is 0 Å². The molecule has 0 aliphatic carbocycles. The highest BCUT2D eigenvalue weighted by molar-refractivity contribution is 7.92. The third kappa shape index (κ3) is 3.93. The number of nitrogens with zero attached hydrogens (tertiary/aromatic N) is 3. The highest BCUT2D eigenvalue weighted by Crippen LogP contribution is 2.16. The molecule has 0 spiro atoms. The molecule has 2 aromatic rings. The molecular formula is C11H13ClN4O2S. The number of benzene rings is 1. The van der Waals surface area contributed by atoms with E-state index in [1.807, 2.05) is 6.07 Å². The molecule has 0 bridgehead atoms. The van der Waals surface area contributed by atoms with E-state index in [0.717, 1.165) is 5.56 Å². The van der Waals surface area contributed by atoms with Gasteiger partial charge < -0.3 is 0 Å². The van der Waals surface area contributed by atoms with Crippen LogP contribution < -0.4 is 4.72 Å². The molecule has 0 fully saturated rings. The first-order valence-electron chi connectivity index (χ1n) is 5.56. The summed E-state index contributed by atoms with van der Waals surface area (Å²) in [4.78, 5) is 0. The number of anilines is 1. The summed E-state index contributed by atoms with van der Waals surface area (Å²) in [7, 11) is -1.80. The van der Waals surface area contributed by atoms with Gasteiger partial charge in [0.05, 0.1) is 11.9 Å². The predicted octanol–water partition coefficient (Wildman–Crippen LogP) is 1.45. The van der Waals surface area contributed by atoms with Crippen LogP contribution in [0, 0.1) is 0 Å². The lowest BCUT2D eigenvalue weighted by atomic mass is 10.2. The predicted molar refractivity (Wildman–Crippen MR) is 73.6 cm³/mol. The molecule has 1 heterocycles. The molecule has 102 valence electrons. The minimum atomic E-state index is -3.46. The first kappa shape index (κ1) is 13.8. The average Bonchev–Trinajstić information content (AvgIpc) is 2.73. The summed E-state index contributed by atoms with van der Waals surface area (Å²) in [6.07, 6.45) is 1.84. The Hall–Kier alpha value is -1.60. The van der Waals surface area contributed by atoms with E-state index in [9.17, 15) is 8.42 Å². The van der Waals surface area contributed by atoms with E-state index in [4.69, 9.17) is 11.6 Å². The lowest BCUT2D eigenvalue weighted by Crippen LogP contribution is -2.18. The van der Waals surface area contributed by atoms with Gasteiger partial charge in [-0.2, -0.15) is 0 Å². The minimum absolute atomic E-state index is 0.0622. The molecule has 0 saturated carbocycles. The summed E-state index contributed by atoms with van der Waals surface area (Å²) in [5.41, 5.74) is 0.800. The summed E-state index contributed by atoms with van der Waals surface area (Å²) < 4.78 is 27.5. The second-order valence-corrected chi connectivity index (χ2v) is 6.29. The Kier molecular flexibility index (Phi) is 4.06. The van der Waals surface area contributed by atoms with E-state index in [2.05, 4.69) is 15.0 Å². The van der Waals surface area contributed by atoms with Crippen LogP contribution in [0.3, 0.4) is 0 Å². The molecule has 0 radical (unpaired) electrons. The average molecular weight is 301 g/mol. The zero-order valence-corrected chi connectivity index (χ0v) is 11.8. The number of aromatic nitrogens is 3. The monoisotopic (exact) mass is 300 g/mol. The number of rotatable bonds is 5. The van der Waals surface area contributed by atoms with Gasteiger partial charge >= 0.3 is 0 Å². The number of sulfonamides is 1. The van der Waals surface area contributed by atoms with Gasteiger partial charge in [0.1, 0.15) is 0 Å². The molecular weight excluding hydrogens is 288 g/mol. The van der Waals surface area contributed by atoms with E-state index in [0.29, 0.717) is 11.4 Å². The SMILES string of the molecule is Cn1cc(NS(=O)(=O)CCc2ccccc2Cl)nn1. The van der Waals surface area contributed by atoms with Crippen LogP contribution in [-0.2, 0) is 23.5 Å². The summed E-state index contributed by atoms with van der Waals surface area (Å²) in [5.74, 6) is 0.148. The van der Waals surface area contributed by atoms with Crippen LogP contribution in [0.25, 0.3) is 0 Å². The Bertz CT molecular complexity index is 669. The number of nitrogens with one attached hydrogen (secondary N) is 1. The van der Waals surface area contributed by atoms with Crippen LogP contribution in [0.5, 0.6) is 0 Å². The van der Waals surface area contributed by atoms with Crippen molar-refractivity contribution < 1.29 is 8.42 Å². The van der Waals surface area contributed by atoms with Crippen LogP contribution in [0.2, 0.25) is 5.02 Å². The zero-order chi connectivity index (χ0) is 13.9. The van der Waals surface area contributed by atoms with Crippen molar-refractivity contribution in [1.82, 2.24) is 15.0 Å². The van der Waals surface area contributed by atoms with E-state index in [1.54, 1.807) is 25.2 Å². The molecule has 19 heavy (non-hydrogen) atoms. The van der Waals surface area contributed by atoms with Crippen molar-refractivity contribution in [3.63, 3.8) is 0 Å². The smallest absolute Gasteiger partial charge is 0.234 e. The number of hydrogen-bond donors (Lipinski definition) is 1. The molecule has 6 nitrogen and oxygen atoms in total. The molecule has 1 aromatic carbocycles. The van der Waals surface area contributed by atoms with Crippen molar-refractivity contribution in [3.8, 4) is 0 Å². The van der Waals surface area contributed by atoms with E-state index < -0.39 is 10.0 Å². The standard InChI is InChI=1S/C11H13ClN4O2S/c1-16-8-11(13-15-16)14-19(17,18)7-6-9-4-2-3-5-10(9)12/h2-5,8,14H,6-7H2,1H3. The maximum atomic E-state index is 11.9. The Morgan fingerprint density at radius 2 is 2.11 bits per heavy atom. The van der Waals surface area contributed by atoms with Crippen LogP contribution in [0.1, 0.15) is 5.56 Å². The summed E-state index contributed by atoms with van der Waals surface area (Å²) in [5, 5.41) is 7.89. The van der Waals surface area contributed by atoms with E-state index in [-0.39, 0.29) is 11.6 Å². The Morgan fingerprint density at radius 3 is 2.74 bits per heavy atom. The maximum Gasteiger partial charge on any atom is 0.234 e. The lowest BCUT2D eigenvalue weighted by molar-refractivity contribution is 0.600. The van der Waals surface area contributed by atoms with Gasteiger partial charge in [0.2, 0.25) is 10.0 Å². The van der Waals surface area contributed by atoms with Crippen molar-refractivity contribution in [2.75, 3.05) is 10.5 Å². The Labute approximate surface area is 116 Å². The number of halogens is 1. The third-order valence-corrected chi connectivity index (χ3v) is 4.09. The second kappa shape index (κ2) is 5.58. The Balaban J connectivity index is 2.00. The fourth-order valence-electron chi connectivity index (χ4n) is 1.55. The molecule has 1 N–H and O–H groups in total. The van der Waals surface area contributed by atoms with Crippen LogP contribution in [-0.4, -0.2) is 29.2 Å². The second-order valence-electron chi connectivity index (χ2n) is 4.04. The first-order chi connectivity index (χ1) is 8.96. The summed E-state index contributed by atoms with van der Waals surface area (Å²) >= 11 is 5.98. The summed E-state index contributed by atoms with van der Waals surface area (Å²) in [6.45, 7) is 0. The van der Waals surface area contributed by atoms with Gasteiger partial charge in [-0.1, -0.05) is 35.0 Å². The molecule has 2 rings (SSSR count). The molecule has 0 atom stereocenters. The van der Waals surface area contributed by atoms with Gasteiger partial charge in [0.25, 0.3) is 0 Å². The third-order valence-electron chi connectivity index (χ3n) is 2.46. The molecule has 0 aliphatic heterocycles. The van der Waals surface area contributed by atoms with E-state index in [1.165, 1.54) is 10.9 Å². The van der Waals surface area contributed by atoms with Gasteiger partial charge in [-0.25, -0.2) is 8.42 Å². The van der Waals surface area contributed by atoms with Crippen molar-refractivity contribution in [1.29, 1.82) is 0 Å². The number of aryl methyl sites for hydroxylation is 2. The van der Waals surface area contributed by atoms with Gasteiger partial charge in [-0.3, -0.25) is 9.40 Å². The molecule has 1 aromatic heterocycles. The number of hydrogen-bond acceptors (Lipinski definition) is 4. The van der Waals surface area contributed by atoms with Crippen molar-refractivity contribution in [2.24, 2.45) is 7.05 Å². The maximum absolute atomic E-state index is 11.9. The zero-order valence-electron chi connectivity index (χ0n) is 10.2. The largest absolute Gasteiger partial charge is 0.264 e. The summed E-state index contributed by atoms with van der Waals surface area (Å²) in [6, 6.07) is 7.17. The normalized spacial score (nSPS) is 11.5. The topological polar surface area (TPSA) is 76.9 Å². The van der Waals surface area contributed by atoms with Crippen molar-refractivity contribution >= 4 is 27.4 Å². The van der Waals surface area contributed by atoms with Crippen LogP contribution in [0.15, 0.2) is 30.5 Å². The van der Waals surface area contributed by atoms with Gasteiger partial charge in [0.15, 0.2) is 5.82 Å². The highest BCUT2D eigenvalue weighted by Gasteiger charge is 2.13. The fourth-order valence-corrected chi connectivity index (χ4v) is 2.78. The van der Waals surface area contributed by atoms with Gasteiger partial charge in [-0.05, 0) is 18.1 Å². The van der Waals surface area contributed by atoms with Gasteiger partial charge in [-0.15, -0.1) is 5.10 Å². The van der Waals surface area contributed by atoms with Gasteiger partial charge in [0, 0.05) is 12.1 Å². The lowest BCUT2D eigenvalue weighted by Gasteiger charge is -2.06. The molecule has 0 saturated heterocycles. The van der Waals surface area contributed by atoms with Crippen molar-refractivity contribution in [2.45, 2.75) is 6.42 Å².